The van der Waals surface area contributed by atoms with E-state index in [9.17, 15) is 14.9 Å². The molecule has 14 heteroatoms. The molecule has 0 saturated carbocycles. The summed E-state index contributed by atoms with van der Waals surface area (Å²) in [5.74, 6) is -0.699. The van der Waals surface area contributed by atoms with Crippen molar-refractivity contribution in [2.24, 2.45) is 5.10 Å². The summed E-state index contributed by atoms with van der Waals surface area (Å²) < 4.78 is 10.7. The molecule has 0 unspecified atom stereocenters. The number of nitrogens with one attached hydrogen (secondary N) is 1. The second-order valence-corrected chi connectivity index (χ2v) is 6.82. The van der Waals surface area contributed by atoms with E-state index in [4.69, 9.17) is 10.5 Å². The van der Waals surface area contributed by atoms with Crippen LogP contribution in [0.2, 0.25) is 0 Å². The van der Waals surface area contributed by atoms with Crippen LogP contribution in [0.15, 0.2) is 58.3 Å². The van der Waals surface area contributed by atoms with Gasteiger partial charge >= 0.3 is 5.69 Å². The molecule has 0 aliphatic carbocycles. The van der Waals surface area contributed by atoms with Crippen LogP contribution in [0.25, 0.3) is 17.1 Å². The monoisotopic (exact) mass is 463 g/mol. The Bertz CT molecular complexity index is 1390. The average Bonchev–Trinajstić information content (AvgIpc) is 3.48. The first kappa shape index (κ1) is 22.1. The lowest BCUT2D eigenvalue weighted by Crippen LogP contribution is -2.23. The predicted molar refractivity (Wildman–Crippen MR) is 118 cm³/mol. The fraction of sp³-hybridized carbons (Fsp3) is 0.100. The van der Waals surface area contributed by atoms with Gasteiger partial charge in [0.1, 0.15) is 5.69 Å². The van der Waals surface area contributed by atoms with Crippen molar-refractivity contribution in [3.05, 3.63) is 69.9 Å². The van der Waals surface area contributed by atoms with Gasteiger partial charge in [0.05, 0.1) is 17.7 Å². The Morgan fingerprint density at radius 1 is 1.24 bits per heavy atom. The number of benzene rings is 2. The molecule has 14 nitrogen and oxygen atoms in total. The number of nitro benzene ring substituents is 1. The number of nitrogens with zero attached hydrogens (tertiary/aromatic N) is 7. The van der Waals surface area contributed by atoms with E-state index in [0.29, 0.717) is 16.8 Å². The number of methoxy groups -OCH3 is 1. The first-order valence-corrected chi connectivity index (χ1v) is 9.67. The van der Waals surface area contributed by atoms with E-state index in [1.54, 1.807) is 37.3 Å². The van der Waals surface area contributed by atoms with E-state index >= 15 is 0 Å². The van der Waals surface area contributed by atoms with Crippen LogP contribution in [-0.4, -0.2) is 49.0 Å². The summed E-state index contributed by atoms with van der Waals surface area (Å²) in [4.78, 5) is 23.9. The molecule has 1 amide bonds. The summed E-state index contributed by atoms with van der Waals surface area (Å²) >= 11 is 0. The van der Waals surface area contributed by atoms with Gasteiger partial charge in [-0.25, -0.2) is 10.1 Å². The Hall–Kier alpha value is -5.14. The number of hydrogen-bond acceptors (Lipinski definition) is 11. The largest absolute Gasteiger partial charge is 0.490 e. The third-order valence-electron chi connectivity index (χ3n) is 4.75. The molecule has 2 aromatic heterocycles. The summed E-state index contributed by atoms with van der Waals surface area (Å²) in [6.45, 7) is 1.58. The van der Waals surface area contributed by atoms with Crippen molar-refractivity contribution < 1.29 is 19.1 Å². The van der Waals surface area contributed by atoms with Gasteiger partial charge < -0.3 is 10.5 Å². The summed E-state index contributed by atoms with van der Waals surface area (Å²) in [6.07, 6.45) is 0. The highest BCUT2D eigenvalue weighted by molar-refractivity contribution is 6.02. The van der Waals surface area contributed by atoms with Crippen LogP contribution in [0.1, 0.15) is 23.0 Å². The highest BCUT2D eigenvalue weighted by atomic mass is 16.6. The lowest BCUT2D eigenvalue weighted by molar-refractivity contribution is -0.385. The van der Waals surface area contributed by atoms with Crippen LogP contribution in [0.5, 0.6) is 5.75 Å². The van der Waals surface area contributed by atoms with E-state index in [1.807, 2.05) is 6.07 Å². The summed E-state index contributed by atoms with van der Waals surface area (Å²) in [7, 11) is 1.34. The van der Waals surface area contributed by atoms with Crippen LogP contribution in [0.4, 0.5) is 11.5 Å². The molecule has 0 bridgehead atoms. The Kier molecular flexibility index (Phi) is 5.94. The molecule has 34 heavy (non-hydrogen) atoms. The minimum atomic E-state index is -0.686. The molecule has 0 fully saturated rings. The molecule has 0 aliphatic rings. The molecule has 4 aromatic rings. The SMILES string of the molecule is COc1ccc(/C(C)=N/NC(=O)c2c(-c3ccccc3)nnn2-c2nonc2N)cc1[N+](=O)[O-]. The number of ether oxygens (including phenoxy) is 1. The van der Waals surface area contributed by atoms with Crippen LogP contribution in [0.3, 0.4) is 0 Å². The lowest BCUT2D eigenvalue weighted by Gasteiger charge is -2.07. The van der Waals surface area contributed by atoms with E-state index in [1.165, 1.54) is 19.2 Å². The normalized spacial score (nSPS) is 11.3. The summed E-state index contributed by atoms with van der Waals surface area (Å²) in [5, 5.41) is 30.6. The Labute approximate surface area is 191 Å². The average molecular weight is 463 g/mol. The molecule has 3 N–H and O–H groups in total. The van der Waals surface area contributed by atoms with E-state index in [2.05, 4.69) is 35.8 Å². The number of amides is 1. The third-order valence-corrected chi connectivity index (χ3v) is 4.75. The van der Waals surface area contributed by atoms with E-state index < -0.39 is 10.8 Å². The van der Waals surface area contributed by atoms with Gasteiger partial charge in [0, 0.05) is 17.2 Å². The van der Waals surface area contributed by atoms with Gasteiger partial charge in [-0.2, -0.15) is 9.78 Å². The maximum Gasteiger partial charge on any atom is 0.311 e. The Morgan fingerprint density at radius 2 is 2.00 bits per heavy atom. The zero-order valence-corrected chi connectivity index (χ0v) is 17.9. The molecule has 2 heterocycles. The molecule has 0 aliphatic heterocycles. The van der Waals surface area contributed by atoms with Crippen LogP contribution >= 0.6 is 0 Å². The zero-order valence-electron chi connectivity index (χ0n) is 17.9. The number of nitrogen functional groups attached to an aromatic ring is 1. The summed E-state index contributed by atoms with van der Waals surface area (Å²) in [6, 6.07) is 13.2. The molecule has 0 saturated heterocycles. The third kappa shape index (κ3) is 4.14. The predicted octanol–water partition coefficient (Wildman–Crippen LogP) is 1.97. The molecule has 0 spiro atoms. The van der Waals surface area contributed by atoms with Gasteiger partial charge in [0.15, 0.2) is 11.4 Å². The van der Waals surface area contributed by atoms with Crippen molar-refractivity contribution >= 4 is 23.1 Å². The number of carbonyl (C=O) groups is 1. The maximum atomic E-state index is 13.2. The van der Waals surface area contributed by atoms with Crippen molar-refractivity contribution in [1.82, 2.24) is 30.7 Å². The van der Waals surface area contributed by atoms with Crippen LogP contribution in [-0.2, 0) is 0 Å². The number of aromatic nitrogens is 5. The van der Waals surface area contributed by atoms with Crippen LogP contribution < -0.4 is 15.9 Å². The van der Waals surface area contributed by atoms with Gasteiger partial charge in [0.2, 0.25) is 11.6 Å². The van der Waals surface area contributed by atoms with Crippen LogP contribution in [0, 0.1) is 10.1 Å². The number of nitro groups is 1. The highest BCUT2D eigenvalue weighted by Crippen LogP contribution is 2.28. The Balaban J connectivity index is 1.70. The van der Waals surface area contributed by atoms with E-state index in [-0.39, 0.29) is 34.5 Å². The molecular weight excluding hydrogens is 446 g/mol. The Morgan fingerprint density at radius 3 is 2.65 bits per heavy atom. The second-order valence-electron chi connectivity index (χ2n) is 6.82. The van der Waals surface area contributed by atoms with Gasteiger partial charge in [0.25, 0.3) is 5.91 Å². The lowest BCUT2D eigenvalue weighted by atomic mass is 10.1. The smallest absolute Gasteiger partial charge is 0.311 e. The van der Waals surface area contributed by atoms with E-state index in [0.717, 1.165) is 4.68 Å². The number of rotatable bonds is 7. The molecule has 4 rings (SSSR count). The highest BCUT2D eigenvalue weighted by Gasteiger charge is 2.26. The quantitative estimate of drug-likeness (QED) is 0.233. The number of anilines is 1. The number of nitrogens with two attached hydrogens (primary N) is 1. The first-order valence-electron chi connectivity index (χ1n) is 9.67. The maximum absolute atomic E-state index is 13.2. The number of hydrazone groups is 1. The van der Waals surface area contributed by atoms with Crippen molar-refractivity contribution in [1.29, 1.82) is 0 Å². The minimum absolute atomic E-state index is 0.0219. The van der Waals surface area contributed by atoms with Crippen molar-refractivity contribution in [3.8, 4) is 22.8 Å². The molecule has 0 radical (unpaired) electrons. The second kappa shape index (κ2) is 9.15. The fourth-order valence-corrected chi connectivity index (χ4v) is 3.07. The van der Waals surface area contributed by atoms with Gasteiger partial charge in [-0.05, 0) is 29.4 Å². The molecule has 2 aromatic carbocycles. The van der Waals surface area contributed by atoms with Crippen molar-refractivity contribution in [2.75, 3.05) is 12.8 Å². The summed E-state index contributed by atoms with van der Waals surface area (Å²) in [5.41, 5.74) is 9.51. The van der Waals surface area contributed by atoms with Crippen molar-refractivity contribution in [3.63, 3.8) is 0 Å². The minimum Gasteiger partial charge on any atom is -0.490 e. The topological polar surface area (TPSA) is 189 Å². The van der Waals surface area contributed by atoms with Gasteiger partial charge in [-0.15, -0.1) is 5.10 Å². The molecule has 172 valence electrons. The zero-order chi connectivity index (χ0) is 24.2. The van der Waals surface area contributed by atoms with Gasteiger partial charge in [-0.3, -0.25) is 14.9 Å². The molecular formula is C20H17N9O5. The first-order chi connectivity index (χ1) is 16.4. The van der Waals surface area contributed by atoms with Gasteiger partial charge in [-0.1, -0.05) is 35.5 Å². The van der Waals surface area contributed by atoms with Crippen molar-refractivity contribution in [2.45, 2.75) is 6.92 Å². The standard InChI is InChI=1S/C20H17N9O5/c1-11(13-8-9-15(33-2)14(10-13)29(31)32)22-24-20(30)17-16(12-6-4-3-5-7-12)23-27-28(17)19-18(21)25-34-26-19/h3-10H,1-2H3,(H2,21,25)(H,24,30)/b22-11+. The number of hydrogen-bond donors (Lipinski definition) is 2. The fourth-order valence-electron chi connectivity index (χ4n) is 3.07. The molecule has 0 atom stereocenters. The number of carbonyl (C=O) groups excluding carboxylic acids is 1.